The molecule has 90 valence electrons. The van der Waals surface area contributed by atoms with Gasteiger partial charge < -0.3 is 10.0 Å². The van der Waals surface area contributed by atoms with Crippen molar-refractivity contribution < 1.29 is 5.11 Å². The van der Waals surface area contributed by atoms with E-state index < -0.39 is 0 Å². The summed E-state index contributed by atoms with van der Waals surface area (Å²) < 4.78 is 0. The van der Waals surface area contributed by atoms with E-state index in [0.717, 1.165) is 18.9 Å². The van der Waals surface area contributed by atoms with Gasteiger partial charge in [-0.2, -0.15) is 0 Å². The Labute approximate surface area is 94.7 Å². The molecular formula is C13H27NO. The lowest BCUT2D eigenvalue weighted by atomic mass is 9.87. The van der Waals surface area contributed by atoms with Crippen molar-refractivity contribution in [2.75, 3.05) is 19.6 Å². The summed E-state index contributed by atoms with van der Waals surface area (Å²) in [5.74, 6) is 0.838. The van der Waals surface area contributed by atoms with Crippen LogP contribution < -0.4 is 0 Å². The van der Waals surface area contributed by atoms with E-state index in [9.17, 15) is 5.11 Å². The van der Waals surface area contributed by atoms with Crippen LogP contribution >= 0.6 is 0 Å². The van der Waals surface area contributed by atoms with Gasteiger partial charge in [-0.05, 0) is 37.1 Å². The lowest BCUT2D eigenvalue weighted by molar-refractivity contribution is 0.0411. The molecule has 0 radical (unpaired) electrons. The first kappa shape index (κ1) is 13.0. The molecule has 15 heavy (non-hydrogen) atoms. The maximum absolute atomic E-state index is 9.96. The van der Waals surface area contributed by atoms with Gasteiger partial charge in [0, 0.05) is 13.1 Å². The molecular weight excluding hydrogens is 186 g/mol. The van der Waals surface area contributed by atoms with Crippen LogP contribution in [0.15, 0.2) is 0 Å². The number of likely N-dealkylation sites (tertiary alicyclic amines) is 1. The van der Waals surface area contributed by atoms with E-state index in [-0.39, 0.29) is 11.5 Å². The van der Waals surface area contributed by atoms with Gasteiger partial charge in [0.25, 0.3) is 0 Å². The summed E-state index contributed by atoms with van der Waals surface area (Å²) in [5.41, 5.74) is 0.0292. The lowest BCUT2D eigenvalue weighted by Crippen LogP contribution is -2.38. The van der Waals surface area contributed by atoms with Crippen LogP contribution in [0.3, 0.4) is 0 Å². The van der Waals surface area contributed by atoms with Crippen LogP contribution in [0.2, 0.25) is 0 Å². The number of aliphatic hydroxyl groups excluding tert-OH is 1. The molecule has 2 nitrogen and oxygen atoms in total. The molecule has 0 aliphatic carbocycles. The Morgan fingerprint density at radius 2 is 2.07 bits per heavy atom. The molecule has 2 atom stereocenters. The van der Waals surface area contributed by atoms with E-state index >= 15 is 0 Å². The molecule has 0 spiro atoms. The summed E-state index contributed by atoms with van der Waals surface area (Å²) in [4.78, 5) is 2.50. The third-order valence-electron chi connectivity index (χ3n) is 3.46. The van der Waals surface area contributed by atoms with Crippen LogP contribution in [0.4, 0.5) is 0 Å². The molecule has 1 heterocycles. The Bertz CT molecular complexity index is 185. The molecule has 0 aromatic rings. The van der Waals surface area contributed by atoms with Crippen molar-refractivity contribution in [2.24, 2.45) is 11.3 Å². The summed E-state index contributed by atoms with van der Waals surface area (Å²) in [7, 11) is 0. The normalized spacial score (nSPS) is 26.6. The molecule has 1 fully saturated rings. The van der Waals surface area contributed by atoms with Gasteiger partial charge in [-0.3, -0.25) is 0 Å². The quantitative estimate of drug-likeness (QED) is 0.778. The number of piperidine rings is 1. The van der Waals surface area contributed by atoms with Crippen molar-refractivity contribution in [3.8, 4) is 0 Å². The fraction of sp³-hybridized carbons (Fsp3) is 1.00. The molecule has 0 amide bonds. The largest absolute Gasteiger partial charge is 0.393 e. The Morgan fingerprint density at radius 3 is 2.60 bits per heavy atom. The SMILES string of the molecule is CC1CCCN(CCC(O)C(C)(C)C)C1. The molecule has 0 saturated carbocycles. The standard InChI is InChI=1S/C13H27NO/c1-11-6-5-8-14(10-11)9-7-12(15)13(2,3)4/h11-12,15H,5-10H2,1-4H3. The van der Waals surface area contributed by atoms with Crippen molar-refractivity contribution in [1.29, 1.82) is 0 Å². The molecule has 1 aliphatic heterocycles. The van der Waals surface area contributed by atoms with Gasteiger partial charge in [0.15, 0.2) is 0 Å². The van der Waals surface area contributed by atoms with Crippen molar-refractivity contribution in [3.63, 3.8) is 0 Å². The van der Waals surface area contributed by atoms with Crippen molar-refractivity contribution in [3.05, 3.63) is 0 Å². The number of hydrogen-bond acceptors (Lipinski definition) is 2. The second kappa shape index (κ2) is 5.31. The summed E-state index contributed by atoms with van der Waals surface area (Å²) in [6, 6.07) is 0. The minimum atomic E-state index is -0.172. The fourth-order valence-corrected chi connectivity index (χ4v) is 2.23. The zero-order valence-corrected chi connectivity index (χ0v) is 10.8. The Hall–Kier alpha value is -0.0800. The smallest absolute Gasteiger partial charge is 0.0600 e. The predicted molar refractivity (Wildman–Crippen MR) is 64.9 cm³/mol. The average molecular weight is 213 g/mol. The fourth-order valence-electron chi connectivity index (χ4n) is 2.23. The molecule has 1 N–H and O–H groups in total. The third-order valence-corrected chi connectivity index (χ3v) is 3.46. The predicted octanol–water partition coefficient (Wildman–Crippen LogP) is 2.52. The number of rotatable bonds is 3. The summed E-state index contributed by atoms with van der Waals surface area (Å²) >= 11 is 0. The highest BCUT2D eigenvalue weighted by Crippen LogP contribution is 2.23. The van der Waals surface area contributed by atoms with Gasteiger partial charge in [-0.15, -0.1) is 0 Å². The van der Waals surface area contributed by atoms with E-state index in [2.05, 4.69) is 32.6 Å². The molecule has 2 unspecified atom stereocenters. The second-order valence-corrected chi connectivity index (χ2v) is 6.22. The van der Waals surface area contributed by atoms with Crippen molar-refractivity contribution in [1.82, 2.24) is 4.90 Å². The first-order valence-electron chi connectivity index (χ1n) is 6.30. The zero-order valence-electron chi connectivity index (χ0n) is 10.8. The highest BCUT2D eigenvalue weighted by Gasteiger charge is 2.23. The van der Waals surface area contributed by atoms with Crippen LogP contribution in [0.1, 0.15) is 47.0 Å². The summed E-state index contributed by atoms with van der Waals surface area (Å²) in [6.07, 6.45) is 3.44. The molecule has 2 heteroatoms. The molecule has 0 aromatic carbocycles. The summed E-state index contributed by atoms with van der Waals surface area (Å²) in [5, 5.41) is 9.96. The van der Waals surface area contributed by atoms with Gasteiger partial charge >= 0.3 is 0 Å². The monoisotopic (exact) mass is 213 g/mol. The second-order valence-electron chi connectivity index (χ2n) is 6.22. The molecule has 0 bridgehead atoms. The van der Waals surface area contributed by atoms with Gasteiger partial charge in [-0.25, -0.2) is 0 Å². The molecule has 1 saturated heterocycles. The number of hydrogen-bond donors (Lipinski definition) is 1. The zero-order chi connectivity index (χ0) is 11.5. The molecule has 1 rings (SSSR count). The van der Waals surface area contributed by atoms with Gasteiger partial charge in [0.05, 0.1) is 6.10 Å². The van der Waals surface area contributed by atoms with E-state index in [1.807, 2.05) is 0 Å². The molecule has 0 aromatic heterocycles. The van der Waals surface area contributed by atoms with E-state index in [4.69, 9.17) is 0 Å². The van der Waals surface area contributed by atoms with Crippen LogP contribution in [-0.2, 0) is 0 Å². The topological polar surface area (TPSA) is 23.5 Å². The maximum Gasteiger partial charge on any atom is 0.0600 e. The van der Waals surface area contributed by atoms with Crippen LogP contribution in [0.5, 0.6) is 0 Å². The minimum Gasteiger partial charge on any atom is -0.393 e. The summed E-state index contributed by atoms with van der Waals surface area (Å²) in [6.45, 7) is 12.1. The van der Waals surface area contributed by atoms with E-state index in [0.29, 0.717) is 0 Å². The first-order valence-corrected chi connectivity index (χ1v) is 6.30. The molecule has 1 aliphatic rings. The van der Waals surface area contributed by atoms with Gasteiger partial charge in [0.1, 0.15) is 0 Å². The van der Waals surface area contributed by atoms with Gasteiger partial charge in [0.2, 0.25) is 0 Å². The third kappa shape index (κ3) is 4.52. The first-order chi connectivity index (χ1) is 6.89. The highest BCUT2D eigenvalue weighted by molar-refractivity contribution is 4.76. The number of nitrogens with zero attached hydrogens (tertiary/aromatic N) is 1. The Balaban J connectivity index is 2.24. The van der Waals surface area contributed by atoms with E-state index in [1.165, 1.54) is 25.9 Å². The van der Waals surface area contributed by atoms with Gasteiger partial charge in [-0.1, -0.05) is 27.7 Å². The van der Waals surface area contributed by atoms with Crippen LogP contribution in [-0.4, -0.2) is 35.7 Å². The average Bonchev–Trinajstić information content (AvgIpc) is 2.12. The highest BCUT2D eigenvalue weighted by atomic mass is 16.3. The maximum atomic E-state index is 9.96. The Morgan fingerprint density at radius 1 is 1.40 bits per heavy atom. The lowest BCUT2D eigenvalue weighted by Gasteiger charge is -2.33. The Kier molecular flexibility index (Phi) is 4.60. The van der Waals surface area contributed by atoms with E-state index in [1.54, 1.807) is 0 Å². The van der Waals surface area contributed by atoms with Crippen LogP contribution in [0.25, 0.3) is 0 Å². The van der Waals surface area contributed by atoms with Crippen LogP contribution in [0, 0.1) is 11.3 Å². The van der Waals surface area contributed by atoms with Crippen molar-refractivity contribution >= 4 is 0 Å². The minimum absolute atomic E-state index is 0.0292. The van der Waals surface area contributed by atoms with Crippen molar-refractivity contribution in [2.45, 2.75) is 53.1 Å². The number of aliphatic hydroxyl groups is 1.